The number of nitrogens with zero attached hydrogens (tertiary/aromatic N) is 6. The molecule has 4 saturated carbocycles. The highest BCUT2D eigenvalue weighted by Crippen LogP contribution is 2.60. The van der Waals surface area contributed by atoms with Crippen LogP contribution in [-0.2, 0) is 16.9 Å². The highest BCUT2D eigenvalue weighted by atomic mass is 16.2. The second-order valence-electron chi connectivity index (χ2n) is 9.48. The lowest BCUT2D eigenvalue weighted by atomic mass is 9.50. The molecular formula is C22H25N7O. The van der Waals surface area contributed by atoms with Gasteiger partial charge in [-0.3, -0.25) is 4.79 Å². The fourth-order valence-electron chi connectivity index (χ4n) is 6.75. The molecule has 30 heavy (non-hydrogen) atoms. The quantitative estimate of drug-likeness (QED) is 0.706. The largest absolute Gasteiger partial charge is 0.349 e. The molecule has 2 atom stereocenters. The number of carbonyl (C=O) groups is 1. The molecule has 2 aromatic heterocycles. The zero-order valence-corrected chi connectivity index (χ0v) is 16.8. The van der Waals surface area contributed by atoms with Crippen molar-refractivity contribution in [1.29, 1.82) is 0 Å². The summed E-state index contributed by atoms with van der Waals surface area (Å²) in [7, 11) is 0. The molecule has 1 aromatic carbocycles. The number of benzene rings is 1. The monoisotopic (exact) mass is 403 g/mol. The minimum absolute atomic E-state index is 0.0498. The molecule has 0 spiro atoms. The van der Waals surface area contributed by atoms with E-state index in [1.54, 1.807) is 6.20 Å². The van der Waals surface area contributed by atoms with E-state index >= 15 is 0 Å². The van der Waals surface area contributed by atoms with Crippen molar-refractivity contribution in [2.24, 2.45) is 11.8 Å². The summed E-state index contributed by atoms with van der Waals surface area (Å²) < 4.78 is 1.93. The smallest absolute Gasteiger partial charge is 0.240 e. The number of nitrogens with one attached hydrogen (secondary N) is 1. The lowest BCUT2D eigenvalue weighted by molar-refractivity contribution is -0.131. The molecule has 7 rings (SSSR count). The van der Waals surface area contributed by atoms with Gasteiger partial charge < -0.3 is 9.88 Å². The molecule has 1 N–H and O–H groups in total. The zero-order chi connectivity index (χ0) is 20.2. The number of aromatic nitrogens is 6. The van der Waals surface area contributed by atoms with Crippen molar-refractivity contribution in [2.75, 3.05) is 0 Å². The van der Waals surface area contributed by atoms with Crippen LogP contribution in [0.2, 0.25) is 0 Å². The Bertz CT molecular complexity index is 1040. The summed E-state index contributed by atoms with van der Waals surface area (Å²) >= 11 is 0. The van der Waals surface area contributed by atoms with Gasteiger partial charge in [0, 0.05) is 23.5 Å². The van der Waals surface area contributed by atoms with Crippen LogP contribution in [0.25, 0.3) is 11.4 Å². The van der Waals surface area contributed by atoms with Crippen molar-refractivity contribution in [3.8, 4) is 11.4 Å². The van der Waals surface area contributed by atoms with Crippen LogP contribution >= 0.6 is 0 Å². The maximum Gasteiger partial charge on any atom is 0.240 e. The molecule has 0 aliphatic heterocycles. The number of imidazole rings is 1. The molecular weight excluding hydrogens is 378 g/mol. The lowest BCUT2D eigenvalue weighted by Crippen LogP contribution is -2.66. The summed E-state index contributed by atoms with van der Waals surface area (Å²) in [5, 5.41) is 16.1. The van der Waals surface area contributed by atoms with Gasteiger partial charge >= 0.3 is 0 Å². The second kappa shape index (κ2) is 6.48. The molecule has 4 aliphatic carbocycles. The zero-order valence-electron chi connectivity index (χ0n) is 16.8. The molecule has 154 valence electrons. The van der Waals surface area contributed by atoms with E-state index < -0.39 is 0 Å². The number of hydrogen-bond acceptors (Lipinski definition) is 5. The minimum atomic E-state index is -0.164. The number of carbonyl (C=O) groups excluding carboxylic acids is 1. The Kier molecular flexibility index (Phi) is 3.85. The fraction of sp³-hybridized carbons (Fsp3) is 0.500. The minimum Gasteiger partial charge on any atom is -0.349 e. The van der Waals surface area contributed by atoms with Gasteiger partial charge in [-0.05, 0) is 55.6 Å². The van der Waals surface area contributed by atoms with Crippen LogP contribution in [0.1, 0.15) is 38.5 Å². The third kappa shape index (κ3) is 2.85. The van der Waals surface area contributed by atoms with E-state index in [0.717, 1.165) is 43.5 Å². The summed E-state index contributed by atoms with van der Waals surface area (Å²) in [6, 6.07) is 9.99. The first kappa shape index (κ1) is 17.8. The topological polar surface area (TPSA) is 90.5 Å². The van der Waals surface area contributed by atoms with E-state index in [0.29, 0.717) is 11.8 Å². The van der Waals surface area contributed by atoms with E-state index in [2.05, 4.69) is 25.7 Å². The molecule has 8 heteroatoms. The third-order valence-corrected chi connectivity index (χ3v) is 7.27. The summed E-state index contributed by atoms with van der Waals surface area (Å²) in [6.07, 6.45) is 11.6. The van der Waals surface area contributed by atoms with E-state index in [4.69, 9.17) is 0 Å². The molecule has 2 unspecified atom stereocenters. The van der Waals surface area contributed by atoms with Gasteiger partial charge in [-0.15, -0.1) is 10.2 Å². The number of tetrazole rings is 1. The van der Waals surface area contributed by atoms with Gasteiger partial charge in [0.15, 0.2) is 6.33 Å². The van der Waals surface area contributed by atoms with Crippen molar-refractivity contribution in [2.45, 2.75) is 56.1 Å². The third-order valence-electron chi connectivity index (χ3n) is 7.27. The van der Waals surface area contributed by atoms with Gasteiger partial charge in [0.1, 0.15) is 12.4 Å². The molecule has 0 radical (unpaired) electrons. The normalized spacial score (nSPS) is 31.7. The fourth-order valence-corrected chi connectivity index (χ4v) is 6.75. The average molecular weight is 403 g/mol. The Morgan fingerprint density at radius 1 is 1.13 bits per heavy atom. The first-order valence-electron chi connectivity index (χ1n) is 10.7. The first-order valence-corrected chi connectivity index (χ1v) is 10.7. The SMILES string of the molecule is O=C(Cn1ccnc1-c1ccccc1)NC12CC3CC(C1)CC(n1ncnn1)(C3)C2. The molecule has 8 nitrogen and oxygen atoms in total. The Hall–Kier alpha value is -3.03. The maximum atomic E-state index is 13.2. The summed E-state index contributed by atoms with van der Waals surface area (Å²) in [6.45, 7) is 0.274. The highest BCUT2D eigenvalue weighted by molar-refractivity contribution is 5.77. The number of amides is 1. The molecule has 4 fully saturated rings. The van der Waals surface area contributed by atoms with Crippen LogP contribution in [0.15, 0.2) is 49.1 Å². The first-order chi connectivity index (χ1) is 14.6. The maximum absolute atomic E-state index is 13.2. The molecule has 4 bridgehead atoms. The van der Waals surface area contributed by atoms with E-state index in [9.17, 15) is 4.79 Å². The van der Waals surface area contributed by atoms with Crippen molar-refractivity contribution < 1.29 is 4.79 Å². The molecule has 0 saturated heterocycles. The summed E-state index contributed by atoms with van der Waals surface area (Å²) in [4.78, 5) is 19.5. The van der Waals surface area contributed by atoms with Gasteiger partial charge in [-0.1, -0.05) is 30.3 Å². The van der Waals surface area contributed by atoms with Gasteiger partial charge in [0.2, 0.25) is 5.91 Å². The number of rotatable bonds is 5. The second-order valence-corrected chi connectivity index (χ2v) is 9.48. The van der Waals surface area contributed by atoms with Crippen LogP contribution in [-0.4, -0.2) is 41.2 Å². The summed E-state index contributed by atoms with van der Waals surface area (Å²) in [5.74, 6) is 2.10. The van der Waals surface area contributed by atoms with Gasteiger partial charge in [-0.25, -0.2) is 4.98 Å². The number of hydrogen-bond donors (Lipinski definition) is 1. The predicted molar refractivity (Wildman–Crippen MR) is 109 cm³/mol. The van der Waals surface area contributed by atoms with Crippen molar-refractivity contribution in [3.63, 3.8) is 0 Å². The molecule has 4 aliphatic rings. The van der Waals surface area contributed by atoms with Gasteiger partial charge in [0.05, 0.1) is 5.54 Å². The van der Waals surface area contributed by atoms with E-state index in [1.165, 1.54) is 12.7 Å². The van der Waals surface area contributed by atoms with Crippen LogP contribution in [0.4, 0.5) is 0 Å². The molecule has 2 heterocycles. The highest BCUT2D eigenvalue weighted by Gasteiger charge is 2.60. The Morgan fingerprint density at radius 2 is 1.93 bits per heavy atom. The standard InChI is InChI=1S/C22H25N7O/c30-19(13-28-7-6-23-20(28)18-4-2-1-3-5-18)26-21-9-16-8-17(10-21)12-22(11-16,14-21)29-25-15-24-27-29/h1-7,15-17H,8-14H2,(H,26,30). The van der Waals surface area contributed by atoms with Crippen LogP contribution in [0.5, 0.6) is 0 Å². The predicted octanol–water partition coefficient (Wildman–Crippen LogP) is 2.40. The van der Waals surface area contributed by atoms with Crippen LogP contribution in [0.3, 0.4) is 0 Å². The Labute approximate surface area is 174 Å². The van der Waals surface area contributed by atoms with Crippen molar-refractivity contribution >= 4 is 5.91 Å². The molecule has 3 aromatic rings. The van der Waals surface area contributed by atoms with Crippen LogP contribution < -0.4 is 5.32 Å². The van der Waals surface area contributed by atoms with Gasteiger partial charge in [0.25, 0.3) is 0 Å². The van der Waals surface area contributed by atoms with Crippen molar-refractivity contribution in [3.05, 3.63) is 49.1 Å². The lowest BCUT2D eigenvalue weighted by Gasteiger charge is -2.61. The van der Waals surface area contributed by atoms with Crippen molar-refractivity contribution in [1.82, 2.24) is 35.1 Å². The Balaban J connectivity index is 1.23. The summed E-state index contributed by atoms with van der Waals surface area (Å²) in [5.41, 5.74) is 0.752. The van der Waals surface area contributed by atoms with Gasteiger partial charge in [-0.2, -0.15) is 4.80 Å². The van der Waals surface area contributed by atoms with E-state index in [-0.39, 0.29) is 23.5 Å². The van der Waals surface area contributed by atoms with E-state index in [1.807, 2.05) is 45.9 Å². The average Bonchev–Trinajstić information content (AvgIpc) is 3.39. The molecule has 1 amide bonds. The van der Waals surface area contributed by atoms with Crippen LogP contribution in [0, 0.1) is 11.8 Å². The Morgan fingerprint density at radius 3 is 2.67 bits per heavy atom.